The Morgan fingerprint density at radius 1 is 1.23 bits per heavy atom. The van der Waals surface area contributed by atoms with Crippen LogP contribution in [0.5, 0.6) is 11.5 Å². The van der Waals surface area contributed by atoms with Crippen molar-refractivity contribution in [3.63, 3.8) is 0 Å². The summed E-state index contributed by atoms with van der Waals surface area (Å²) in [7, 11) is 0. The first-order valence-corrected chi connectivity index (χ1v) is 10.3. The fourth-order valence-electron chi connectivity index (χ4n) is 3.06. The second-order valence-electron chi connectivity index (χ2n) is 6.83. The van der Waals surface area contributed by atoms with Crippen molar-refractivity contribution < 1.29 is 28.6 Å². The van der Waals surface area contributed by atoms with Crippen molar-refractivity contribution in [2.24, 2.45) is 0 Å². The highest BCUT2D eigenvalue weighted by Crippen LogP contribution is 2.36. The molecule has 156 valence electrons. The second kappa shape index (κ2) is 8.66. The first-order valence-electron chi connectivity index (χ1n) is 9.42. The lowest BCUT2D eigenvalue weighted by Crippen LogP contribution is -2.37. The van der Waals surface area contributed by atoms with Gasteiger partial charge in [-0.3, -0.25) is 14.4 Å². The van der Waals surface area contributed by atoms with Gasteiger partial charge in [0.15, 0.2) is 17.6 Å². The van der Waals surface area contributed by atoms with E-state index in [4.69, 9.17) is 14.2 Å². The van der Waals surface area contributed by atoms with Crippen molar-refractivity contribution in [3.05, 3.63) is 48.0 Å². The predicted molar refractivity (Wildman–Crippen MR) is 109 cm³/mol. The third-order valence-electron chi connectivity index (χ3n) is 4.64. The normalized spacial score (nSPS) is 17.5. The van der Waals surface area contributed by atoms with Crippen molar-refractivity contribution in [2.45, 2.75) is 36.1 Å². The van der Waals surface area contributed by atoms with Gasteiger partial charge in [0.2, 0.25) is 12.7 Å². The molecule has 2 aliphatic heterocycles. The fraction of sp³-hybridized carbons (Fsp3) is 0.286. The molecule has 4 rings (SSSR count). The minimum atomic E-state index is -0.976. The lowest BCUT2D eigenvalue weighted by Gasteiger charge is -2.23. The molecule has 8 nitrogen and oxygen atoms in total. The van der Waals surface area contributed by atoms with Crippen LogP contribution < -0.4 is 20.1 Å². The van der Waals surface area contributed by atoms with Crippen LogP contribution in [-0.2, 0) is 25.7 Å². The number of amides is 2. The van der Waals surface area contributed by atoms with Crippen LogP contribution in [0.1, 0.15) is 18.9 Å². The first-order chi connectivity index (χ1) is 14.5. The van der Waals surface area contributed by atoms with Crippen molar-refractivity contribution in [1.29, 1.82) is 0 Å². The Balaban J connectivity index is 1.26. The number of carbonyl (C=O) groups excluding carboxylic acids is 3. The molecule has 2 N–H and O–H groups in total. The topological polar surface area (TPSA) is 103 Å². The number of fused-ring (bicyclic) bond motifs is 2. The second-order valence-corrected chi connectivity index (χ2v) is 8.08. The van der Waals surface area contributed by atoms with E-state index in [0.717, 1.165) is 16.1 Å². The summed E-state index contributed by atoms with van der Waals surface area (Å²) in [5.74, 6) is 0.0149. The van der Waals surface area contributed by atoms with Crippen molar-refractivity contribution in [2.75, 3.05) is 12.1 Å². The molecule has 30 heavy (non-hydrogen) atoms. The number of hydrogen-bond donors (Lipinski definition) is 2. The lowest BCUT2D eigenvalue weighted by molar-refractivity contribution is -0.155. The third-order valence-corrected chi connectivity index (χ3v) is 5.92. The molecule has 2 heterocycles. The summed E-state index contributed by atoms with van der Waals surface area (Å²) in [5, 5.41) is 4.90. The van der Waals surface area contributed by atoms with Gasteiger partial charge in [0.1, 0.15) is 0 Å². The minimum Gasteiger partial charge on any atom is -0.454 e. The van der Waals surface area contributed by atoms with E-state index in [-0.39, 0.29) is 25.7 Å². The SMILES string of the molecule is CC(OC(=O)CC1Sc2ccccc2NC1=O)C(=O)NCc1ccc2c(c1)OCO2. The summed E-state index contributed by atoms with van der Waals surface area (Å²) in [6, 6.07) is 12.8. The molecule has 2 aromatic rings. The molecule has 2 amide bonds. The van der Waals surface area contributed by atoms with Gasteiger partial charge < -0.3 is 24.8 Å². The number of esters is 1. The van der Waals surface area contributed by atoms with Crippen LogP contribution in [0.4, 0.5) is 5.69 Å². The van der Waals surface area contributed by atoms with E-state index in [2.05, 4.69) is 10.6 Å². The van der Waals surface area contributed by atoms with Crippen LogP contribution in [0.3, 0.4) is 0 Å². The number of anilines is 1. The highest BCUT2D eigenvalue weighted by Gasteiger charge is 2.30. The molecule has 0 saturated carbocycles. The Labute approximate surface area is 177 Å². The summed E-state index contributed by atoms with van der Waals surface area (Å²) in [4.78, 5) is 37.6. The number of ether oxygens (including phenoxy) is 3. The van der Waals surface area contributed by atoms with Crippen LogP contribution in [-0.4, -0.2) is 35.9 Å². The Kier molecular flexibility index (Phi) is 5.80. The Bertz CT molecular complexity index is 995. The number of thioether (sulfide) groups is 1. The van der Waals surface area contributed by atoms with Crippen LogP contribution in [0.2, 0.25) is 0 Å². The number of hydrogen-bond acceptors (Lipinski definition) is 7. The third kappa shape index (κ3) is 4.51. The number of carbonyl (C=O) groups is 3. The Hall–Kier alpha value is -3.20. The van der Waals surface area contributed by atoms with E-state index < -0.39 is 23.2 Å². The molecule has 0 spiro atoms. The first kappa shape index (κ1) is 20.1. The van der Waals surface area contributed by atoms with Crippen LogP contribution >= 0.6 is 11.8 Å². The molecule has 2 atom stereocenters. The van der Waals surface area contributed by atoms with Gasteiger partial charge in [0, 0.05) is 11.4 Å². The average Bonchev–Trinajstić information content (AvgIpc) is 3.20. The van der Waals surface area contributed by atoms with Crippen molar-refractivity contribution in [3.8, 4) is 11.5 Å². The summed E-state index contributed by atoms with van der Waals surface area (Å²) in [6.07, 6.45) is -1.10. The van der Waals surface area contributed by atoms with Gasteiger partial charge in [-0.1, -0.05) is 18.2 Å². The zero-order valence-electron chi connectivity index (χ0n) is 16.2. The van der Waals surface area contributed by atoms with E-state index in [1.807, 2.05) is 24.3 Å². The molecule has 9 heteroatoms. The maximum absolute atomic E-state index is 12.3. The number of rotatable bonds is 6. The Morgan fingerprint density at radius 2 is 2.03 bits per heavy atom. The maximum atomic E-state index is 12.3. The molecule has 0 fully saturated rings. The molecule has 0 saturated heterocycles. The molecule has 0 aliphatic carbocycles. The van der Waals surface area contributed by atoms with E-state index in [9.17, 15) is 14.4 Å². The number of benzene rings is 2. The molecule has 2 aromatic carbocycles. The van der Waals surface area contributed by atoms with Gasteiger partial charge in [0.25, 0.3) is 5.91 Å². The van der Waals surface area contributed by atoms with Gasteiger partial charge in [-0.05, 0) is 36.8 Å². The van der Waals surface area contributed by atoms with Gasteiger partial charge in [-0.25, -0.2) is 0 Å². The molecular formula is C21H20N2O6S. The van der Waals surface area contributed by atoms with Gasteiger partial charge in [0.05, 0.1) is 17.4 Å². The van der Waals surface area contributed by atoms with Gasteiger partial charge in [-0.2, -0.15) is 0 Å². The van der Waals surface area contributed by atoms with Crippen LogP contribution in [0.25, 0.3) is 0 Å². The number of para-hydroxylation sites is 1. The van der Waals surface area contributed by atoms with Crippen LogP contribution in [0, 0.1) is 0 Å². The van der Waals surface area contributed by atoms with Gasteiger partial charge >= 0.3 is 5.97 Å². The van der Waals surface area contributed by atoms with Crippen molar-refractivity contribution >= 4 is 35.2 Å². The summed E-state index contributed by atoms with van der Waals surface area (Å²) >= 11 is 1.31. The zero-order valence-corrected chi connectivity index (χ0v) is 17.0. The fourth-order valence-corrected chi connectivity index (χ4v) is 4.16. The zero-order chi connectivity index (χ0) is 21.1. The average molecular weight is 428 g/mol. The maximum Gasteiger partial charge on any atom is 0.308 e. The van der Waals surface area contributed by atoms with E-state index in [1.54, 1.807) is 18.2 Å². The molecule has 2 unspecified atom stereocenters. The minimum absolute atomic E-state index is 0.120. The molecule has 0 radical (unpaired) electrons. The van der Waals surface area contributed by atoms with E-state index >= 15 is 0 Å². The van der Waals surface area contributed by atoms with Crippen molar-refractivity contribution in [1.82, 2.24) is 5.32 Å². The Morgan fingerprint density at radius 3 is 2.90 bits per heavy atom. The summed E-state index contributed by atoms with van der Waals surface area (Å²) < 4.78 is 15.8. The molecule has 0 aromatic heterocycles. The highest BCUT2D eigenvalue weighted by molar-refractivity contribution is 8.01. The largest absolute Gasteiger partial charge is 0.454 e. The molecule has 2 aliphatic rings. The van der Waals surface area contributed by atoms with Gasteiger partial charge in [-0.15, -0.1) is 11.8 Å². The predicted octanol–water partition coefficient (Wildman–Crippen LogP) is 2.47. The standard InChI is InChI=1S/C21H20N2O6S/c1-12(20(25)22-10-13-6-7-15-16(8-13)28-11-27-15)29-19(24)9-18-21(26)23-14-4-2-3-5-17(14)30-18/h2-8,12,18H,9-11H2,1H3,(H,22,25)(H,23,26). The number of nitrogens with one attached hydrogen (secondary N) is 2. The highest BCUT2D eigenvalue weighted by atomic mass is 32.2. The summed E-state index contributed by atoms with van der Waals surface area (Å²) in [6.45, 7) is 1.94. The van der Waals surface area contributed by atoms with E-state index in [1.165, 1.54) is 18.7 Å². The molecule has 0 bridgehead atoms. The quantitative estimate of drug-likeness (QED) is 0.682. The monoisotopic (exact) mass is 428 g/mol. The smallest absolute Gasteiger partial charge is 0.308 e. The lowest BCUT2D eigenvalue weighted by atomic mass is 10.2. The molecular weight excluding hydrogens is 408 g/mol. The van der Waals surface area contributed by atoms with Crippen LogP contribution in [0.15, 0.2) is 47.4 Å². The summed E-state index contributed by atoms with van der Waals surface area (Å²) in [5.41, 5.74) is 1.56. The van der Waals surface area contributed by atoms with E-state index in [0.29, 0.717) is 11.5 Å².